The number of nitrogens with one attached hydrogen (secondary N) is 1. The summed E-state index contributed by atoms with van der Waals surface area (Å²) in [6.07, 6.45) is 3.53. The molecule has 21 heavy (non-hydrogen) atoms. The van der Waals surface area contributed by atoms with Gasteiger partial charge in [0, 0.05) is 6.61 Å². The molecule has 5 nitrogen and oxygen atoms in total. The molecule has 1 N–H and O–H groups in total. The summed E-state index contributed by atoms with van der Waals surface area (Å²) in [5.41, 5.74) is 0.825. The molecule has 1 fully saturated rings. The standard InChI is InChI=1S/C13H12Cl2N4OS/c14-9-4-3-8(6-10(9)15)7-16-19-12(17-18-13(19)21)11-2-1-5-20-11/h3-4,6-7,11H,1-2,5H2,(H,18,21)/b16-7-. The number of hydrogen-bond donors (Lipinski definition) is 1. The van der Waals surface area contributed by atoms with Crippen molar-refractivity contribution in [2.45, 2.75) is 18.9 Å². The Morgan fingerprint density at radius 2 is 2.29 bits per heavy atom. The predicted octanol–water partition coefficient (Wildman–Crippen LogP) is 3.98. The van der Waals surface area contributed by atoms with Crippen molar-refractivity contribution < 1.29 is 4.74 Å². The van der Waals surface area contributed by atoms with E-state index in [1.165, 1.54) is 0 Å². The second-order valence-corrected chi connectivity index (χ2v) is 5.82. The van der Waals surface area contributed by atoms with Crippen LogP contribution in [0.15, 0.2) is 23.3 Å². The van der Waals surface area contributed by atoms with Crippen LogP contribution in [0.3, 0.4) is 0 Å². The number of aromatic nitrogens is 3. The van der Waals surface area contributed by atoms with Crippen LogP contribution in [0.1, 0.15) is 30.3 Å². The fraction of sp³-hybridized carbons (Fsp3) is 0.308. The van der Waals surface area contributed by atoms with E-state index < -0.39 is 0 Å². The normalized spacial score (nSPS) is 18.7. The zero-order valence-electron chi connectivity index (χ0n) is 10.9. The Morgan fingerprint density at radius 1 is 1.43 bits per heavy atom. The number of nitrogens with zero attached hydrogens (tertiary/aromatic N) is 3. The van der Waals surface area contributed by atoms with E-state index >= 15 is 0 Å². The Bertz CT molecular complexity index is 734. The van der Waals surface area contributed by atoms with Crippen LogP contribution in [0, 0.1) is 4.77 Å². The SMILES string of the molecule is S=c1[nH]nc(C2CCCO2)n1/N=C\c1ccc(Cl)c(Cl)c1. The van der Waals surface area contributed by atoms with Crippen LogP contribution in [-0.2, 0) is 4.74 Å². The molecule has 1 atom stereocenters. The Labute approximate surface area is 136 Å². The fourth-order valence-electron chi connectivity index (χ4n) is 2.12. The van der Waals surface area contributed by atoms with E-state index in [2.05, 4.69) is 15.3 Å². The highest BCUT2D eigenvalue weighted by Crippen LogP contribution is 2.27. The molecule has 1 aromatic carbocycles. The highest BCUT2D eigenvalue weighted by atomic mass is 35.5. The van der Waals surface area contributed by atoms with Crippen molar-refractivity contribution in [1.82, 2.24) is 14.9 Å². The van der Waals surface area contributed by atoms with Gasteiger partial charge >= 0.3 is 0 Å². The van der Waals surface area contributed by atoms with Gasteiger partial charge in [-0.25, -0.2) is 0 Å². The van der Waals surface area contributed by atoms with Crippen molar-refractivity contribution in [2.75, 3.05) is 6.61 Å². The van der Waals surface area contributed by atoms with Gasteiger partial charge in [-0.15, -0.1) is 0 Å². The average molecular weight is 343 g/mol. The molecule has 2 aromatic rings. The van der Waals surface area contributed by atoms with Gasteiger partial charge in [0.25, 0.3) is 0 Å². The molecule has 1 saturated heterocycles. The number of rotatable bonds is 3. The molecule has 1 aliphatic rings. The number of aromatic amines is 1. The zero-order chi connectivity index (χ0) is 14.8. The van der Waals surface area contributed by atoms with Gasteiger partial charge in [0.2, 0.25) is 4.77 Å². The molecule has 110 valence electrons. The maximum Gasteiger partial charge on any atom is 0.216 e. The van der Waals surface area contributed by atoms with Crippen LogP contribution >= 0.6 is 35.4 Å². The Hall–Kier alpha value is -1.21. The van der Waals surface area contributed by atoms with Gasteiger partial charge in [-0.2, -0.15) is 14.9 Å². The quantitative estimate of drug-likeness (QED) is 0.677. The summed E-state index contributed by atoms with van der Waals surface area (Å²) in [6.45, 7) is 0.737. The van der Waals surface area contributed by atoms with Crippen LogP contribution in [-0.4, -0.2) is 27.7 Å². The first kappa shape index (κ1) is 14.7. The number of hydrogen-bond acceptors (Lipinski definition) is 4. The molecule has 0 bridgehead atoms. The van der Waals surface area contributed by atoms with Crippen molar-refractivity contribution >= 4 is 41.6 Å². The predicted molar refractivity (Wildman–Crippen MR) is 84.8 cm³/mol. The van der Waals surface area contributed by atoms with E-state index in [1.807, 2.05) is 6.07 Å². The van der Waals surface area contributed by atoms with Crippen LogP contribution in [0.25, 0.3) is 0 Å². The molecule has 0 radical (unpaired) electrons. The van der Waals surface area contributed by atoms with E-state index in [4.69, 9.17) is 40.2 Å². The largest absolute Gasteiger partial charge is 0.370 e. The van der Waals surface area contributed by atoms with Crippen molar-refractivity contribution in [1.29, 1.82) is 0 Å². The Morgan fingerprint density at radius 3 is 3.00 bits per heavy atom. The third-order valence-corrected chi connectivity index (χ3v) is 4.16. The van der Waals surface area contributed by atoms with E-state index in [0.29, 0.717) is 20.6 Å². The first-order valence-corrected chi connectivity index (χ1v) is 7.60. The third kappa shape index (κ3) is 3.18. The van der Waals surface area contributed by atoms with Crippen molar-refractivity contribution in [2.24, 2.45) is 5.10 Å². The van der Waals surface area contributed by atoms with E-state index in [1.54, 1.807) is 23.0 Å². The first-order chi connectivity index (χ1) is 10.1. The Kier molecular flexibility index (Phi) is 4.40. The first-order valence-electron chi connectivity index (χ1n) is 6.43. The molecule has 1 unspecified atom stereocenters. The second kappa shape index (κ2) is 6.27. The summed E-state index contributed by atoms with van der Waals surface area (Å²) in [7, 11) is 0. The average Bonchev–Trinajstić information content (AvgIpc) is 3.10. The molecule has 2 heterocycles. The minimum Gasteiger partial charge on any atom is -0.370 e. The highest BCUT2D eigenvalue weighted by molar-refractivity contribution is 7.71. The fourth-order valence-corrected chi connectivity index (χ4v) is 2.62. The monoisotopic (exact) mass is 342 g/mol. The third-order valence-electron chi connectivity index (χ3n) is 3.16. The maximum absolute atomic E-state index is 5.98. The van der Waals surface area contributed by atoms with E-state index in [-0.39, 0.29) is 6.10 Å². The second-order valence-electron chi connectivity index (χ2n) is 4.62. The molecular formula is C13H12Cl2N4OS. The van der Waals surface area contributed by atoms with Gasteiger partial charge < -0.3 is 4.74 Å². The van der Waals surface area contributed by atoms with Gasteiger partial charge in [-0.1, -0.05) is 29.3 Å². The lowest BCUT2D eigenvalue weighted by atomic mass is 10.2. The van der Waals surface area contributed by atoms with Crippen molar-refractivity contribution in [3.05, 3.63) is 44.4 Å². The topological polar surface area (TPSA) is 55.2 Å². The van der Waals surface area contributed by atoms with Gasteiger partial charge in [-0.05, 0) is 42.8 Å². The van der Waals surface area contributed by atoms with Gasteiger partial charge in [0.05, 0.1) is 16.3 Å². The zero-order valence-corrected chi connectivity index (χ0v) is 13.3. The van der Waals surface area contributed by atoms with E-state index in [0.717, 1.165) is 25.0 Å². The lowest BCUT2D eigenvalue weighted by Crippen LogP contribution is -2.05. The molecule has 3 rings (SSSR count). The smallest absolute Gasteiger partial charge is 0.216 e. The molecule has 1 aliphatic heterocycles. The summed E-state index contributed by atoms with van der Waals surface area (Å²) in [4.78, 5) is 0. The van der Waals surface area contributed by atoms with Crippen molar-refractivity contribution in [3.63, 3.8) is 0 Å². The summed E-state index contributed by atoms with van der Waals surface area (Å²) < 4.78 is 7.62. The van der Waals surface area contributed by atoms with Crippen LogP contribution in [0.2, 0.25) is 10.0 Å². The lowest BCUT2D eigenvalue weighted by molar-refractivity contribution is 0.102. The van der Waals surface area contributed by atoms with Gasteiger partial charge in [0.15, 0.2) is 5.82 Å². The minimum atomic E-state index is -0.0658. The molecule has 0 saturated carbocycles. The molecular weight excluding hydrogens is 331 g/mol. The molecule has 0 spiro atoms. The van der Waals surface area contributed by atoms with Crippen LogP contribution in [0.5, 0.6) is 0 Å². The number of ether oxygens (including phenoxy) is 1. The summed E-state index contributed by atoms with van der Waals surface area (Å²) in [5, 5.41) is 12.3. The van der Waals surface area contributed by atoms with Crippen LogP contribution < -0.4 is 0 Å². The molecule has 0 amide bonds. The minimum absolute atomic E-state index is 0.0658. The van der Waals surface area contributed by atoms with Crippen LogP contribution in [0.4, 0.5) is 0 Å². The molecule has 1 aromatic heterocycles. The summed E-state index contributed by atoms with van der Waals surface area (Å²) in [5.74, 6) is 0.689. The van der Waals surface area contributed by atoms with E-state index in [9.17, 15) is 0 Å². The number of benzene rings is 1. The van der Waals surface area contributed by atoms with Gasteiger partial charge in [-0.3, -0.25) is 5.10 Å². The molecule has 8 heteroatoms. The summed E-state index contributed by atoms with van der Waals surface area (Å²) in [6, 6.07) is 5.29. The molecule has 0 aliphatic carbocycles. The summed E-state index contributed by atoms with van der Waals surface area (Å²) >= 11 is 17.1. The number of H-pyrrole nitrogens is 1. The van der Waals surface area contributed by atoms with Crippen molar-refractivity contribution in [3.8, 4) is 0 Å². The highest BCUT2D eigenvalue weighted by Gasteiger charge is 2.23. The lowest BCUT2D eigenvalue weighted by Gasteiger charge is -2.07. The van der Waals surface area contributed by atoms with Gasteiger partial charge in [0.1, 0.15) is 6.10 Å². The number of halogens is 2. The Balaban J connectivity index is 1.90. The maximum atomic E-state index is 5.98.